The molecule has 21 heavy (non-hydrogen) atoms. The number of amides is 1. The minimum atomic E-state index is 0.0140. The van der Waals surface area contributed by atoms with E-state index in [0.29, 0.717) is 9.75 Å². The van der Waals surface area contributed by atoms with Gasteiger partial charge in [0.15, 0.2) is 5.78 Å². The molecule has 1 aromatic carbocycles. The monoisotopic (exact) mass is 299 g/mol. The molecule has 0 spiro atoms. The number of thiophene rings is 1. The summed E-state index contributed by atoms with van der Waals surface area (Å²) in [6.45, 7) is 2.31. The van der Waals surface area contributed by atoms with Crippen LogP contribution >= 0.6 is 11.3 Å². The van der Waals surface area contributed by atoms with Crippen molar-refractivity contribution >= 4 is 23.0 Å². The molecule has 0 saturated carbocycles. The molecule has 3 nitrogen and oxygen atoms in total. The fraction of sp³-hybridized carbons (Fsp3) is 0.294. The van der Waals surface area contributed by atoms with Crippen LogP contribution in [-0.2, 0) is 0 Å². The summed E-state index contributed by atoms with van der Waals surface area (Å²) in [5.74, 6) is 0.0546. The van der Waals surface area contributed by atoms with Crippen LogP contribution in [0, 0.1) is 0 Å². The SMILES string of the molecule is CC(=O)c1ccc(C(=O)N2CCC[C@H]2c2ccccc2)s1. The van der Waals surface area contributed by atoms with Crippen LogP contribution in [0.25, 0.3) is 0 Å². The Bertz CT molecular complexity index is 662. The van der Waals surface area contributed by atoms with Gasteiger partial charge in [0.2, 0.25) is 0 Å². The van der Waals surface area contributed by atoms with E-state index in [1.165, 1.54) is 23.8 Å². The number of nitrogens with zero attached hydrogens (tertiary/aromatic N) is 1. The van der Waals surface area contributed by atoms with Gasteiger partial charge in [-0.15, -0.1) is 11.3 Å². The number of ketones is 1. The fourth-order valence-electron chi connectivity index (χ4n) is 2.82. The van der Waals surface area contributed by atoms with E-state index in [4.69, 9.17) is 0 Å². The molecule has 0 aliphatic carbocycles. The average Bonchev–Trinajstić information content (AvgIpc) is 3.17. The zero-order valence-electron chi connectivity index (χ0n) is 11.9. The molecule has 2 aromatic rings. The lowest BCUT2D eigenvalue weighted by molar-refractivity contribution is 0.0740. The van der Waals surface area contributed by atoms with E-state index in [-0.39, 0.29) is 17.7 Å². The molecule has 1 aliphatic rings. The molecular weight excluding hydrogens is 282 g/mol. The molecular formula is C17H17NO2S. The molecule has 2 heterocycles. The lowest BCUT2D eigenvalue weighted by atomic mass is 10.0. The maximum atomic E-state index is 12.7. The molecule has 4 heteroatoms. The Kier molecular flexibility index (Phi) is 3.88. The van der Waals surface area contributed by atoms with Crippen molar-refractivity contribution in [2.75, 3.05) is 6.54 Å². The van der Waals surface area contributed by atoms with Crippen molar-refractivity contribution in [1.82, 2.24) is 4.90 Å². The lowest BCUT2D eigenvalue weighted by Gasteiger charge is -2.24. The van der Waals surface area contributed by atoms with Crippen molar-refractivity contribution in [3.63, 3.8) is 0 Å². The highest BCUT2D eigenvalue weighted by Crippen LogP contribution is 2.34. The first-order valence-electron chi connectivity index (χ1n) is 7.13. The number of hydrogen-bond acceptors (Lipinski definition) is 3. The third-order valence-corrected chi connectivity index (χ3v) is 5.04. The van der Waals surface area contributed by atoms with Crippen LogP contribution in [-0.4, -0.2) is 23.1 Å². The van der Waals surface area contributed by atoms with Gasteiger partial charge in [-0.25, -0.2) is 0 Å². The van der Waals surface area contributed by atoms with E-state index in [1.54, 1.807) is 12.1 Å². The first-order valence-corrected chi connectivity index (χ1v) is 7.95. The van der Waals surface area contributed by atoms with Gasteiger partial charge in [0.05, 0.1) is 15.8 Å². The third-order valence-electron chi connectivity index (χ3n) is 3.86. The summed E-state index contributed by atoms with van der Waals surface area (Å²) >= 11 is 1.29. The summed E-state index contributed by atoms with van der Waals surface area (Å²) in [6, 6.07) is 13.8. The van der Waals surface area contributed by atoms with Crippen LogP contribution in [0.1, 0.15) is 50.7 Å². The molecule has 1 saturated heterocycles. The number of likely N-dealkylation sites (tertiary alicyclic amines) is 1. The standard InChI is InChI=1S/C17H17NO2S/c1-12(19)15-9-10-16(21-15)17(20)18-11-5-8-14(18)13-6-3-2-4-7-13/h2-4,6-7,9-10,14H,5,8,11H2,1H3/t14-/m0/s1. The summed E-state index contributed by atoms with van der Waals surface area (Å²) in [5.41, 5.74) is 1.19. The normalized spacial score (nSPS) is 18.0. The van der Waals surface area contributed by atoms with Crippen LogP contribution in [0.3, 0.4) is 0 Å². The molecule has 1 aliphatic heterocycles. The Hall–Kier alpha value is -1.94. The number of Topliss-reactive ketones (excluding diaryl/α,β-unsaturated/α-hetero) is 1. The van der Waals surface area contributed by atoms with E-state index in [9.17, 15) is 9.59 Å². The largest absolute Gasteiger partial charge is 0.331 e. The number of benzene rings is 1. The minimum Gasteiger partial charge on any atom is -0.331 e. The molecule has 0 N–H and O–H groups in total. The van der Waals surface area contributed by atoms with Crippen molar-refractivity contribution in [2.24, 2.45) is 0 Å². The van der Waals surface area contributed by atoms with Gasteiger partial charge in [0.25, 0.3) is 5.91 Å². The molecule has 3 rings (SSSR count). The summed E-state index contributed by atoms with van der Waals surface area (Å²) in [6.07, 6.45) is 2.02. The fourth-order valence-corrected chi connectivity index (χ4v) is 3.67. The third kappa shape index (κ3) is 2.76. The van der Waals surface area contributed by atoms with E-state index in [2.05, 4.69) is 12.1 Å². The van der Waals surface area contributed by atoms with Gasteiger partial charge in [-0.2, -0.15) is 0 Å². The number of carbonyl (C=O) groups excluding carboxylic acids is 2. The molecule has 0 unspecified atom stereocenters. The highest BCUT2D eigenvalue weighted by atomic mass is 32.1. The highest BCUT2D eigenvalue weighted by Gasteiger charge is 2.31. The first kappa shape index (κ1) is 14.0. The molecule has 108 valence electrons. The van der Waals surface area contributed by atoms with Crippen molar-refractivity contribution in [2.45, 2.75) is 25.8 Å². The summed E-state index contributed by atoms with van der Waals surface area (Å²) < 4.78 is 0. The Morgan fingerprint density at radius 1 is 1.10 bits per heavy atom. The first-order chi connectivity index (χ1) is 10.2. The Morgan fingerprint density at radius 3 is 2.48 bits per heavy atom. The van der Waals surface area contributed by atoms with Crippen molar-refractivity contribution in [3.8, 4) is 0 Å². The van der Waals surface area contributed by atoms with Gasteiger partial charge in [-0.05, 0) is 37.5 Å². The van der Waals surface area contributed by atoms with Crippen LogP contribution in [0.4, 0.5) is 0 Å². The lowest BCUT2D eigenvalue weighted by Crippen LogP contribution is -2.29. The predicted molar refractivity (Wildman–Crippen MR) is 83.8 cm³/mol. The highest BCUT2D eigenvalue weighted by molar-refractivity contribution is 7.15. The second-order valence-corrected chi connectivity index (χ2v) is 6.37. The smallest absolute Gasteiger partial charge is 0.264 e. The number of hydrogen-bond donors (Lipinski definition) is 0. The molecule has 1 fully saturated rings. The van der Waals surface area contributed by atoms with Crippen LogP contribution in [0.2, 0.25) is 0 Å². The Morgan fingerprint density at radius 2 is 1.81 bits per heavy atom. The van der Waals surface area contributed by atoms with Crippen molar-refractivity contribution in [3.05, 3.63) is 57.8 Å². The molecule has 0 radical (unpaired) electrons. The van der Waals surface area contributed by atoms with Gasteiger partial charge >= 0.3 is 0 Å². The van der Waals surface area contributed by atoms with Crippen LogP contribution < -0.4 is 0 Å². The Balaban J connectivity index is 1.84. The van der Waals surface area contributed by atoms with Crippen LogP contribution in [0.15, 0.2) is 42.5 Å². The number of carbonyl (C=O) groups is 2. The molecule has 1 amide bonds. The van der Waals surface area contributed by atoms with E-state index in [0.717, 1.165) is 19.4 Å². The van der Waals surface area contributed by atoms with E-state index < -0.39 is 0 Å². The van der Waals surface area contributed by atoms with E-state index in [1.807, 2.05) is 23.1 Å². The second kappa shape index (κ2) is 5.82. The van der Waals surface area contributed by atoms with Gasteiger partial charge in [0.1, 0.15) is 0 Å². The van der Waals surface area contributed by atoms with Crippen LogP contribution in [0.5, 0.6) is 0 Å². The maximum Gasteiger partial charge on any atom is 0.264 e. The maximum absolute atomic E-state index is 12.7. The van der Waals surface area contributed by atoms with Gasteiger partial charge in [0, 0.05) is 6.54 Å². The minimum absolute atomic E-state index is 0.0140. The second-order valence-electron chi connectivity index (χ2n) is 5.29. The average molecular weight is 299 g/mol. The molecule has 1 atom stereocenters. The van der Waals surface area contributed by atoms with Crippen molar-refractivity contribution < 1.29 is 9.59 Å². The predicted octanol–water partition coefficient (Wildman–Crippen LogP) is 3.93. The van der Waals surface area contributed by atoms with Crippen molar-refractivity contribution in [1.29, 1.82) is 0 Å². The zero-order valence-corrected chi connectivity index (χ0v) is 12.7. The zero-order chi connectivity index (χ0) is 14.8. The Labute approximate surface area is 128 Å². The molecule has 1 aromatic heterocycles. The summed E-state index contributed by atoms with van der Waals surface area (Å²) in [5, 5.41) is 0. The van der Waals surface area contributed by atoms with Gasteiger partial charge in [-0.3, -0.25) is 9.59 Å². The van der Waals surface area contributed by atoms with E-state index >= 15 is 0 Å². The summed E-state index contributed by atoms with van der Waals surface area (Å²) in [4.78, 5) is 27.3. The molecule has 0 bridgehead atoms. The van der Waals surface area contributed by atoms with Gasteiger partial charge < -0.3 is 4.90 Å². The topological polar surface area (TPSA) is 37.4 Å². The summed E-state index contributed by atoms with van der Waals surface area (Å²) in [7, 11) is 0. The van der Waals surface area contributed by atoms with Gasteiger partial charge in [-0.1, -0.05) is 30.3 Å². The quantitative estimate of drug-likeness (QED) is 0.805. The number of rotatable bonds is 3.